The molecular formula is C17H27N3O3. The molecule has 0 saturated carbocycles. The lowest BCUT2D eigenvalue weighted by molar-refractivity contribution is -0.132. The molecule has 1 aromatic rings. The van der Waals surface area contributed by atoms with Crippen LogP contribution < -0.4 is 14.8 Å². The van der Waals surface area contributed by atoms with Crippen LogP contribution in [-0.4, -0.2) is 69.2 Å². The molecule has 1 saturated heterocycles. The van der Waals surface area contributed by atoms with E-state index < -0.39 is 0 Å². The van der Waals surface area contributed by atoms with E-state index in [1.807, 2.05) is 25.2 Å². The van der Waals surface area contributed by atoms with Gasteiger partial charge in [-0.05, 0) is 13.0 Å². The Balaban J connectivity index is 2.01. The number of carbonyl (C=O) groups excluding carboxylic acids is 1. The van der Waals surface area contributed by atoms with Crippen LogP contribution in [0.3, 0.4) is 0 Å². The number of rotatable bonds is 6. The predicted molar refractivity (Wildman–Crippen MR) is 89.9 cm³/mol. The molecule has 0 unspecified atom stereocenters. The Morgan fingerprint density at radius 2 is 2.17 bits per heavy atom. The minimum atomic E-state index is 0.114. The molecule has 2 rings (SSSR count). The summed E-state index contributed by atoms with van der Waals surface area (Å²) in [6.07, 6.45) is 0. The molecular weight excluding hydrogens is 294 g/mol. The lowest BCUT2D eigenvalue weighted by Gasteiger charge is -2.34. The monoisotopic (exact) mass is 321 g/mol. The van der Waals surface area contributed by atoms with Crippen molar-refractivity contribution in [2.45, 2.75) is 19.5 Å². The van der Waals surface area contributed by atoms with Crippen molar-refractivity contribution >= 4 is 5.91 Å². The number of nitrogens with zero attached hydrogens (tertiary/aromatic N) is 2. The van der Waals surface area contributed by atoms with Crippen molar-refractivity contribution in [3.8, 4) is 11.5 Å². The van der Waals surface area contributed by atoms with Gasteiger partial charge >= 0.3 is 0 Å². The van der Waals surface area contributed by atoms with Crippen LogP contribution in [-0.2, 0) is 11.3 Å². The second-order valence-electron chi connectivity index (χ2n) is 5.93. The van der Waals surface area contributed by atoms with Crippen molar-refractivity contribution in [3.63, 3.8) is 0 Å². The topological polar surface area (TPSA) is 54.0 Å². The number of hydrogen-bond donors (Lipinski definition) is 1. The zero-order valence-electron chi connectivity index (χ0n) is 14.5. The van der Waals surface area contributed by atoms with Crippen LogP contribution in [0, 0.1) is 0 Å². The molecule has 0 radical (unpaired) electrons. The van der Waals surface area contributed by atoms with Crippen molar-refractivity contribution in [3.05, 3.63) is 23.8 Å². The Morgan fingerprint density at radius 3 is 2.83 bits per heavy atom. The number of hydrogen-bond acceptors (Lipinski definition) is 5. The maximum absolute atomic E-state index is 12.5. The maximum Gasteiger partial charge on any atom is 0.236 e. The molecule has 1 aliphatic heterocycles. The van der Waals surface area contributed by atoms with Crippen LogP contribution in [0.1, 0.15) is 12.5 Å². The molecule has 0 aliphatic carbocycles. The predicted octanol–water partition coefficient (Wildman–Crippen LogP) is 0.956. The van der Waals surface area contributed by atoms with Crippen molar-refractivity contribution in [1.82, 2.24) is 15.1 Å². The summed E-state index contributed by atoms with van der Waals surface area (Å²) in [6.45, 7) is 5.87. The lowest BCUT2D eigenvalue weighted by Crippen LogP contribution is -2.52. The SMILES string of the molecule is COc1cccc(CN(C)C(=O)CN2CCNC[C@@H]2C)c1OC. The highest BCUT2D eigenvalue weighted by molar-refractivity contribution is 5.78. The molecule has 0 aromatic heterocycles. The van der Waals surface area contributed by atoms with Crippen LogP contribution in [0.25, 0.3) is 0 Å². The molecule has 1 amide bonds. The van der Waals surface area contributed by atoms with E-state index in [0.717, 1.165) is 25.2 Å². The molecule has 1 fully saturated rings. The van der Waals surface area contributed by atoms with E-state index in [2.05, 4.69) is 17.1 Å². The highest BCUT2D eigenvalue weighted by Crippen LogP contribution is 2.31. The standard InChI is InChI=1S/C17H27N3O3/c1-13-10-18-8-9-20(13)12-16(21)19(2)11-14-6-5-7-15(22-3)17(14)23-4/h5-7,13,18H,8-12H2,1-4H3/t13-/m0/s1. The van der Waals surface area contributed by atoms with Gasteiger partial charge in [0, 0.05) is 44.8 Å². The molecule has 6 heteroatoms. The maximum atomic E-state index is 12.5. The fourth-order valence-corrected chi connectivity index (χ4v) is 2.83. The smallest absolute Gasteiger partial charge is 0.236 e. The van der Waals surface area contributed by atoms with E-state index in [-0.39, 0.29) is 5.91 Å². The van der Waals surface area contributed by atoms with Crippen molar-refractivity contribution < 1.29 is 14.3 Å². The van der Waals surface area contributed by atoms with Crippen LogP contribution in [0.2, 0.25) is 0 Å². The summed E-state index contributed by atoms with van der Waals surface area (Å²) in [5.74, 6) is 1.48. The minimum absolute atomic E-state index is 0.114. The van der Waals surface area contributed by atoms with Gasteiger partial charge in [0.1, 0.15) is 0 Å². The number of benzene rings is 1. The van der Waals surface area contributed by atoms with E-state index >= 15 is 0 Å². The first-order chi connectivity index (χ1) is 11.1. The second kappa shape index (κ2) is 8.17. The van der Waals surface area contributed by atoms with Crippen LogP contribution >= 0.6 is 0 Å². The minimum Gasteiger partial charge on any atom is -0.493 e. The zero-order valence-corrected chi connectivity index (χ0v) is 14.5. The van der Waals surface area contributed by atoms with Crippen LogP contribution in [0.15, 0.2) is 18.2 Å². The molecule has 128 valence electrons. The van der Waals surface area contributed by atoms with Gasteiger partial charge in [-0.2, -0.15) is 0 Å². The normalized spacial score (nSPS) is 18.5. The lowest BCUT2D eigenvalue weighted by atomic mass is 10.1. The number of nitrogens with one attached hydrogen (secondary N) is 1. The van der Waals surface area contributed by atoms with E-state index in [9.17, 15) is 4.79 Å². The highest BCUT2D eigenvalue weighted by atomic mass is 16.5. The molecule has 1 aliphatic rings. The Labute approximate surface area is 138 Å². The molecule has 1 heterocycles. The van der Waals surface area contributed by atoms with Gasteiger partial charge in [-0.15, -0.1) is 0 Å². The number of amides is 1. The van der Waals surface area contributed by atoms with Crippen molar-refractivity contribution in [2.75, 3.05) is 47.4 Å². The molecule has 1 atom stereocenters. The quantitative estimate of drug-likeness (QED) is 0.846. The van der Waals surface area contributed by atoms with E-state index in [1.165, 1.54) is 0 Å². The summed E-state index contributed by atoms with van der Waals surface area (Å²) in [4.78, 5) is 16.5. The number of methoxy groups -OCH3 is 2. The van der Waals surface area contributed by atoms with Crippen molar-refractivity contribution in [1.29, 1.82) is 0 Å². The first kappa shape index (κ1) is 17.6. The number of ether oxygens (including phenoxy) is 2. The third-order valence-corrected chi connectivity index (χ3v) is 4.29. The zero-order chi connectivity index (χ0) is 16.8. The molecule has 23 heavy (non-hydrogen) atoms. The van der Waals surface area contributed by atoms with Crippen molar-refractivity contribution in [2.24, 2.45) is 0 Å². The van der Waals surface area contributed by atoms with Crippen LogP contribution in [0.4, 0.5) is 0 Å². The molecule has 1 N–H and O–H groups in total. The third kappa shape index (κ3) is 4.36. The average Bonchev–Trinajstić information content (AvgIpc) is 2.56. The molecule has 0 spiro atoms. The molecule has 6 nitrogen and oxygen atoms in total. The summed E-state index contributed by atoms with van der Waals surface area (Å²) in [5, 5.41) is 3.34. The first-order valence-corrected chi connectivity index (χ1v) is 7.95. The Kier molecular flexibility index (Phi) is 6.24. The average molecular weight is 321 g/mol. The fraction of sp³-hybridized carbons (Fsp3) is 0.588. The van der Waals surface area contributed by atoms with E-state index in [4.69, 9.17) is 9.47 Å². The fourth-order valence-electron chi connectivity index (χ4n) is 2.83. The number of carbonyl (C=O) groups is 1. The summed E-state index contributed by atoms with van der Waals surface area (Å²) >= 11 is 0. The highest BCUT2D eigenvalue weighted by Gasteiger charge is 2.22. The van der Waals surface area contributed by atoms with Gasteiger partial charge in [0.05, 0.1) is 20.8 Å². The van der Waals surface area contributed by atoms with Gasteiger partial charge in [0.2, 0.25) is 5.91 Å². The Bertz CT molecular complexity index is 536. The second-order valence-corrected chi connectivity index (χ2v) is 5.93. The number of likely N-dealkylation sites (N-methyl/N-ethyl adjacent to an activating group) is 1. The molecule has 0 bridgehead atoms. The summed E-state index contributed by atoms with van der Waals surface area (Å²) in [5.41, 5.74) is 0.941. The van der Waals surface area contributed by atoms with Gasteiger partial charge in [0.25, 0.3) is 0 Å². The Morgan fingerprint density at radius 1 is 1.39 bits per heavy atom. The molecule has 1 aromatic carbocycles. The number of piperazine rings is 1. The van der Waals surface area contributed by atoms with Gasteiger partial charge < -0.3 is 19.7 Å². The third-order valence-electron chi connectivity index (χ3n) is 4.29. The van der Waals surface area contributed by atoms with Gasteiger partial charge in [0.15, 0.2) is 11.5 Å². The van der Waals surface area contributed by atoms with E-state index in [1.54, 1.807) is 19.1 Å². The largest absolute Gasteiger partial charge is 0.493 e. The summed E-state index contributed by atoms with van der Waals surface area (Å²) in [7, 11) is 5.06. The summed E-state index contributed by atoms with van der Waals surface area (Å²) < 4.78 is 10.7. The van der Waals surface area contributed by atoms with Gasteiger partial charge in [-0.3, -0.25) is 9.69 Å². The van der Waals surface area contributed by atoms with Gasteiger partial charge in [-0.1, -0.05) is 12.1 Å². The van der Waals surface area contributed by atoms with Crippen LogP contribution in [0.5, 0.6) is 11.5 Å². The summed E-state index contributed by atoms with van der Waals surface area (Å²) in [6, 6.07) is 6.10. The number of para-hydroxylation sites is 1. The Hall–Kier alpha value is -1.79. The van der Waals surface area contributed by atoms with E-state index in [0.29, 0.717) is 30.6 Å². The first-order valence-electron chi connectivity index (χ1n) is 7.95. The van der Waals surface area contributed by atoms with Gasteiger partial charge in [-0.25, -0.2) is 0 Å².